The molecule has 0 atom stereocenters. The van der Waals surface area contributed by atoms with Crippen LogP contribution in [-0.4, -0.2) is 20.6 Å². The number of carboxylic acid groups (broad SMARTS) is 1. The van der Waals surface area contributed by atoms with Crippen LogP contribution in [-0.2, 0) is 6.54 Å². The van der Waals surface area contributed by atoms with E-state index in [-0.39, 0.29) is 10.4 Å². The minimum absolute atomic E-state index is 0.134. The highest BCUT2D eigenvalue weighted by Crippen LogP contribution is 2.22. The highest BCUT2D eigenvalue weighted by atomic mass is 32.1. The molecule has 5 nitrogen and oxygen atoms in total. The van der Waals surface area contributed by atoms with Gasteiger partial charge in [0.25, 0.3) is 5.56 Å². The highest BCUT2D eigenvalue weighted by molar-refractivity contribution is 7.14. The maximum absolute atomic E-state index is 11.7. The first-order valence-corrected chi connectivity index (χ1v) is 6.14. The third-order valence-corrected chi connectivity index (χ3v) is 3.67. The third-order valence-electron chi connectivity index (χ3n) is 2.59. The van der Waals surface area contributed by atoms with Gasteiger partial charge in [0.15, 0.2) is 0 Å². The van der Waals surface area contributed by atoms with E-state index in [4.69, 9.17) is 5.11 Å². The number of carbonyl (C=O) groups is 1. The first kappa shape index (κ1) is 12.5. The smallest absolute Gasteiger partial charge is 0.345 e. The molecule has 94 valence electrons. The van der Waals surface area contributed by atoms with Crippen molar-refractivity contribution >= 4 is 17.3 Å². The summed E-state index contributed by atoms with van der Waals surface area (Å²) in [7, 11) is 0. The summed E-state index contributed by atoms with van der Waals surface area (Å²) >= 11 is 1.22. The standard InChI is InChI=1S/C12H12N2O3S/c1-7-3-11(15)14(6-13-7)5-9-4-10(12(16)17)18-8(9)2/h3-4,6H,5H2,1-2H3,(H,16,17). The van der Waals surface area contributed by atoms with Crippen molar-refractivity contribution in [3.63, 3.8) is 0 Å². The Morgan fingerprint density at radius 2 is 2.17 bits per heavy atom. The number of carboxylic acids is 1. The molecule has 2 aromatic heterocycles. The lowest BCUT2D eigenvalue weighted by Crippen LogP contribution is -2.20. The Labute approximate surface area is 107 Å². The minimum atomic E-state index is -0.941. The SMILES string of the molecule is Cc1cc(=O)n(Cc2cc(C(=O)O)sc2C)cn1. The molecule has 0 aliphatic heterocycles. The van der Waals surface area contributed by atoms with Gasteiger partial charge < -0.3 is 5.11 Å². The number of aromatic carboxylic acids is 1. The summed E-state index contributed by atoms with van der Waals surface area (Å²) in [5.74, 6) is -0.941. The summed E-state index contributed by atoms with van der Waals surface area (Å²) in [4.78, 5) is 27.8. The average Bonchev–Trinajstić information content (AvgIpc) is 2.64. The molecule has 0 fully saturated rings. The molecule has 0 amide bonds. The van der Waals surface area contributed by atoms with Crippen LogP contribution >= 0.6 is 11.3 Å². The minimum Gasteiger partial charge on any atom is -0.477 e. The van der Waals surface area contributed by atoms with Gasteiger partial charge in [-0.1, -0.05) is 0 Å². The first-order chi connectivity index (χ1) is 8.47. The van der Waals surface area contributed by atoms with Gasteiger partial charge in [-0.15, -0.1) is 11.3 Å². The quantitative estimate of drug-likeness (QED) is 0.915. The summed E-state index contributed by atoms with van der Waals surface area (Å²) < 4.78 is 1.47. The number of hydrogen-bond donors (Lipinski definition) is 1. The van der Waals surface area contributed by atoms with Crippen molar-refractivity contribution in [1.82, 2.24) is 9.55 Å². The second-order valence-corrected chi connectivity index (χ2v) is 5.25. The van der Waals surface area contributed by atoms with Crippen LogP contribution in [0.3, 0.4) is 0 Å². The molecule has 2 aromatic rings. The van der Waals surface area contributed by atoms with Crippen molar-refractivity contribution in [2.24, 2.45) is 0 Å². The van der Waals surface area contributed by atoms with E-state index in [9.17, 15) is 9.59 Å². The molecule has 1 N–H and O–H groups in total. The molecule has 0 saturated carbocycles. The van der Waals surface area contributed by atoms with Crippen molar-refractivity contribution in [3.05, 3.63) is 49.8 Å². The molecular weight excluding hydrogens is 252 g/mol. The molecular formula is C12H12N2O3S. The molecule has 18 heavy (non-hydrogen) atoms. The summed E-state index contributed by atoms with van der Waals surface area (Å²) in [6.07, 6.45) is 1.48. The Morgan fingerprint density at radius 1 is 1.44 bits per heavy atom. The Hall–Kier alpha value is -1.95. The van der Waals surface area contributed by atoms with Gasteiger partial charge in [0, 0.05) is 16.6 Å². The van der Waals surface area contributed by atoms with Crippen LogP contribution in [0.15, 0.2) is 23.3 Å². The van der Waals surface area contributed by atoms with E-state index in [1.165, 1.54) is 28.3 Å². The van der Waals surface area contributed by atoms with Crippen LogP contribution < -0.4 is 5.56 Å². The first-order valence-electron chi connectivity index (χ1n) is 5.33. The number of thiophene rings is 1. The second-order valence-electron chi connectivity index (χ2n) is 3.99. The topological polar surface area (TPSA) is 72.2 Å². The molecule has 0 spiro atoms. The van der Waals surface area contributed by atoms with E-state index in [1.54, 1.807) is 13.0 Å². The van der Waals surface area contributed by atoms with E-state index in [0.29, 0.717) is 12.2 Å². The van der Waals surface area contributed by atoms with Gasteiger partial charge in [-0.25, -0.2) is 9.78 Å². The number of aromatic nitrogens is 2. The lowest BCUT2D eigenvalue weighted by Gasteiger charge is -2.04. The fraction of sp³-hybridized carbons (Fsp3) is 0.250. The van der Waals surface area contributed by atoms with Crippen molar-refractivity contribution < 1.29 is 9.90 Å². The van der Waals surface area contributed by atoms with E-state index < -0.39 is 5.97 Å². The van der Waals surface area contributed by atoms with Gasteiger partial charge in [-0.2, -0.15) is 0 Å². The van der Waals surface area contributed by atoms with Crippen molar-refractivity contribution in [2.75, 3.05) is 0 Å². The predicted molar refractivity (Wildman–Crippen MR) is 68.4 cm³/mol. The molecule has 0 aliphatic rings. The lowest BCUT2D eigenvalue weighted by atomic mass is 10.2. The van der Waals surface area contributed by atoms with Gasteiger partial charge in [0.05, 0.1) is 12.9 Å². The normalized spacial score (nSPS) is 10.6. The number of nitrogens with zero attached hydrogens (tertiary/aromatic N) is 2. The monoisotopic (exact) mass is 264 g/mol. The Balaban J connectivity index is 2.34. The lowest BCUT2D eigenvalue weighted by molar-refractivity contribution is 0.0702. The van der Waals surface area contributed by atoms with Crippen molar-refractivity contribution in [2.45, 2.75) is 20.4 Å². The summed E-state index contributed by atoms with van der Waals surface area (Å²) in [5.41, 5.74) is 1.37. The zero-order valence-electron chi connectivity index (χ0n) is 10.0. The fourth-order valence-corrected chi connectivity index (χ4v) is 2.47. The van der Waals surface area contributed by atoms with Crippen molar-refractivity contribution in [3.8, 4) is 0 Å². The maximum Gasteiger partial charge on any atom is 0.345 e. The second kappa shape index (κ2) is 4.73. The van der Waals surface area contributed by atoms with Crippen molar-refractivity contribution in [1.29, 1.82) is 0 Å². The third kappa shape index (κ3) is 2.48. The van der Waals surface area contributed by atoms with E-state index in [2.05, 4.69) is 4.98 Å². The van der Waals surface area contributed by atoms with Crippen LogP contribution in [0.25, 0.3) is 0 Å². The largest absolute Gasteiger partial charge is 0.477 e. The number of hydrogen-bond acceptors (Lipinski definition) is 4. The van der Waals surface area contributed by atoms with Crippen LogP contribution in [0, 0.1) is 13.8 Å². The average molecular weight is 264 g/mol. The molecule has 2 heterocycles. The summed E-state index contributed by atoms with van der Waals surface area (Å²) in [6, 6.07) is 3.06. The summed E-state index contributed by atoms with van der Waals surface area (Å²) in [6.45, 7) is 3.95. The van der Waals surface area contributed by atoms with Gasteiger partial charge in [0.2, 0.25) is 0 Å². The van der Waals surface area contributed by atoms with Gasteiger partial charge in [0.1, 0.15) is 4.88 Å². The Bertz CT molecular complexity index is 658. The Kier molecular flexibility index (Phi) is 3.29. The molecule has 0 saturated heterocycles. The maximum atomic E-state index is 11.7. The van der Waals surface area contributed by atoms with E-state index in [0.717, 1.165) is 10.4 Å². The Morgan fingerprint density at radius 3 is 2.72 bits per heavy atom. The van der Waals surface area contributed by atoms with Crippen LogP contribution in [0.4, 0.5) is 0 Å². The predicted octanol–water partition coefficient (Wildman–Crippen LogP) is 1.67. The molecule has 0 aromatic carbocycles. The van der Waals surface area contributed by atoms with E-state index >= 15 is 0 Å². The number of rotatable bonds is 3. The highest BCUT2D eigenvalue weighted by Gasteiger charge is 2.11. The molecule has 6 heteroatoms. The molecule has 0 unspecified atom stereocenters. The summed E-state index contributed by atoms with van der Waals surface area (Å²) in [5, 5.41) is 8.91. The molecule has 0 aliphatic carbocycles. The van der Waals surface area contributed by atoms with Gasteiger partial charge in [-0.3, -0.25) is 9.36 Å². The molecule has 2 rings (SSSR count). The van der Waals surface area contributed by atoms with Gasteiger partial charge in [-0.05, 0) is 25.5 Å². The fourth-order valence-electron chi connectivity index (χ4n) is 1.60. The molecule has 0 radical (unpaired) electrons. The van der Waals surface area contributed by atoms with Crippen LogP contribution in [0.2, 0.25) is 0 Å². The zero-order valence-corrected chi connectivity index (χ0v) is 10.8. The molecule has 0 bridgehead atoms. The van der Waals surface area contributed by atoms with Crippen LogP contribution in [0.1, 0.15) is 25.8 Å². The van der Waals surface area contributed by atoms with Crippen LogP contribution in [0.5, 0.6) is 0 Å². The zero-order chi connectivity index (χ0) is 13.3. The van der Waals surface area contributed by atoms with Gasteiger partial charge >= 0.3 is 5.97 Å². The van der Waals surface area contributed by atoms with E-state index in [1.807, 2.05) is 6.92 Å². The number of aryl methyl sites for hydroxylation is 2.